The molecule has 0 radical (unpaired) electrons. The van der Waals surface area contributed by atoms with Crippen LogP contribution in [0.2, 0.25) is 0 Å². The second kappa shape index (κ2) is 14.6. The van der Waals surface area contributed by atoms with Gasteiger partial charge in [0.1, 0.15) is 41.6 Å². The topological polar surface area (TPSA) is 208 Å². The number of carbonyl (C=O) groups is 3. The molecule has 18 heteroatoms. The molecule has 0 saturated carbocycles. The Morgan fingerprint density at radius 3 is 2.37 bits per heavy atom. The molecule has 3 unspecified atom stereocenters. The van der Waals surface area contributed by atoms with E-state index >= 15 is 0 Å². The van der Waals surface area contributed by atoms with Crippen LogP contribution in [-0.4, -0.2) is 110 Å². The molecule has 3 N–H and O–H groups in total. The predicted octanol–water partition coefficient (Wildman–Crippen LogP) is 1.91. The van der Waals surface area contributed by atoms with Gasteiger partial charge in [-0.2, -0.15) is 10.2 Å². The summed E-state index contributed by atoms with van der Waals surface area (Å²) >= 11 is 0. The molecule has 17 nitrogen and oxygen atoms in total. The van der Waals surface area contributed by atoms with Crippen molar-refractivity contribution in [2.75, 3.05) is 39.6 Å². The van der Waals surface area contributed by atoms with Crippen LogP contribution in [0.25, 0.3) is 0 Å². The Morgan fingerprint density at radius 1 is 1.08 bits per heavy atom. The lowest BCUT2D eigenvalue weighted by molar-refractivity contribution is -0.213. The molecule has 5 aliphatic rings. The molecule has 1 aromatic carbocycles. The molecule has 278 valence electrons. The molecule has 1 aromatic rings. The molecule has 0 aliphatic carbocycles. The quantitative estimate of drug-likeness (QED) is 0.159. The fourth-order valence-corrected chi connectivity index (χ4v) is 8.02. The molecule has 6 rings (SSSR count). The first-order valence-corrected chi connectivity index (χ1v) is 18.4. The van der Waals surface area contributed by atoms with Crippen LogP contribution in [0.15, 0.2) is 52.2 Å². The number of hydrogen-bond donors (Lipinski definition) is 2. The predicted molar refractivity (Wildman–Crippen MR) is 179 cm³/mol. The van der Waals surface area contributed by atoms with Gasteiger partial charge in [-0.1, -0.05) is 31.2 Å². The zero-order chi connectivity index (χ0) is 36.6. The number of fused-ring (bicyclic) bond motifs is 1. The summed E-state index contributed by atoms with van der Waals surface area (Å²) in [6.07, 6.45) is 1.34. The Bertz CT molecular complexity index is 1630. The Hall–Kier alpha value is -3.86. The fraction of sp³-hybridized carbons (Fsp3) is 0.606. The summed E-state index contributed by atoms with van der Waals surface area (Å²) in [6, 6.07) is 6.34. The first kappa shape index (κ1) is 36.9. The van der Waals surface area contributed by atoms with Gasteiger partial charge < -0.3 is 38.7 Å². The maximum Gasteiger partial charge on any atom is 0.459 e. The van der Waals surface area contributed by atoms with E-state index in [9.17, 15) is 18.9 Å². The highest BCUT2D eigenvalue weighted by Crippen LogP contribution is 2.51. The minimum Gasteiger partial charge on any atom is -0.462 e. The van der Waals surface area contributed by atoms with Gasteiger partial charge in [-0.05, 0) is 39.8 Å². The third-order valence-electron chi connectivity index (χ3n) is 9.21. The number of ether oxygens (including phenoxy) is 6. The number of carbonyl (C=O) groups excluding carboxylic acids is 3. The van der Waals surface area contributed by atoms with Gasteiger partial charge in [-0.3, -0.25) is 23.9 Å². The van der Waals surface area contributed by atoms with Gasteiger partial charge in [0.2, 0.25) is 0 Å². The number of rotatable bonds is 14. The zero-order valence-electron chi connectivity index (χ0n) is 29.1. The van der Waals surface area contributed by atoms with Crippen molar-refractivity contribution in [3.63, 3.8) is 0 Å². The van der Waals surface area contributed by atoms with E-state index in [-0.39, 0.29) is 50.5 Å². The SMILES string of the molecule is CC(C)OC(=O)[C@H](C)N[P@](=O)(OC[C@@]1(C)OCC(OC(=O)C2COC2)(C2C(C)C=C3C(N)=NC=NN32)[C@@H]1OC(=O)C1COC1)Oc1ccccc1. The third kappa shape index (κ3) is 7.55. The van der Waals surface area contributed by atoms with E-state index < -0.39 is 79.6 Å². The summed E-state index contributed by atoms with van der Waals surface area (Å²) in [4.78, 5) is 44.2. The number of hydrogen-bond acceptors (Lipinski definition) is 16. The van der Waals surface area contributed by atoms with E-state index in [4.69, 9.17) is 43.2 Å². The van der Waals surface area contributed by atoms with Gasteiger partial charge in [0.15, 0.2) is 17.5 Å². The van der Waals surface area contributed by atoms with Crippen molar-refractivity contribution in [3.05, 3.63) is 42.1 Å². The summed E-state index contributed by atoms with van der Waals surface area (Å²) in [6.45, 7) is 8.14. The van der Waals surface area contributed by atoms with Gasteiger partial charge in [-0.25, -0.2) is 9.56 Å². The maximum atomic E-state index is 14.5. The monoisotopic (exact) mass is 733 g/mol. The largest absolute Gasteiger partial charge is 0.462 e. The van der Waals surface area contributed by atoms with Gasteiger partial charge >= 0.3 is 25.7 Å². The third-order valence-corrected chi connectivity index (χ3v) is 10.8. The molecule has 51 heavy (non-hydrogen) atoms. The first-order valence-electron chi connectivity index (χ1n) is 16.8. The molecule has 5 aliphatic heterocycles. The van der Waals surface area contributed by atoms with Crippen LogP contribution in [0.5, 0.6) is 5.75 Å². The van der Waals surface area contributed by atoms with Crippen molar-refractivity contribution in [1.82, 2.24) is 10.1 Å². The number of amidine groups is 1. The average Bonchev–Trinajstić information content (AvgIpc) is 3.49. The van der Waals surface area contributed by atoms with Gasteiger partial charge in [0.05, 0.1) is 51.4 Å². The molecule has 0 spiro atoms. The molecule has 3 saturated heterocycles. The second-order valence-corrected chi connectivity index (χ2v) is 15.4. The van der Waals surface area contributed by atoms with E-state index in [1.54, 1.807) is 56.1 Å². The number of hydrazone groups is 1. The normalized spacial score (nSPS) is 30.6. The van der Waals surface area contributed by atoms with Gasteiger partial charge in [0, 0.05) is 5.92 Å². The standard InChI is InChI=1S/C33H44N5O12P/c1-19(2)47-28(39)21(4)37-51(42,50-24-9-7-6-8-10-24)46-16-32(5)31(48-29(40)22-12-43-13-22)33(17-45-32,49-30(41)23-14-44-15-23)26-20(3)11-25-27(34)35-18-36-38(25)26/h6-11,18-23,26,31H,12-17H2,1-5H3,(H,37,42)(H2,34,35,36)/t20?,21-,26?,31+,32+,33?,51-/m0/s1. The smallest absolute Gasteiger partial charge is 0.459 e. The number of benzene rings is 1. The lowest BCUT2D eigenvalue weighted by Gasteiger charge is -2.46. The zero-order valence-corrected chi connectivity index (χ0v) is 30.0. The number of aliphatic imine (C=N–C) groups is 1. The van der Waals surface area contributed by atoms with Crippen LogP contribution in [0, 0.1) is 17.8 Å². The average molecular weight is 734 g/mol. The molecular formula is C33H44N5O12P. The first-order chi connectivity index (χ1) is 24.2. The summed E-state index contributed by atoms with van der Waals surface area (Å²) in [5, 5.41) is 8.72. The summed E-state index contributed by atoms with van der Waals surface area (Å²) in [5.41, 5.74) is 3.41. The van der Waals surface area contributed by atoms with Crippen molar-refractivity contribution in [2.24, 2.45) is 33.6 Å². The van der Waals surface area contributed by atoms with Crippen LogP contribution >= 0.6 is 7.75 Å². The van der Waals surface area contributed by atoms with E-state index in [2.05, 4.69) is 15.2 Å². The number of esters is 3. The highest BCUT2D eigenvalue weighted by atomic mass is 31.2. The lowest BCUT2D eigenvalue weighted by atomic mass is 9.78. The van der Waals surface area contributed by atoms with Crippen molar-refractivity contribution < 1.29 is 56.4 Å². The summed E-state index contributed by atoms with van der Waals surface area (Å²) in [7, 11) is -4.41. The minimum atomic E-state index is -4.41. The maximum absolute atomic E-state index is 14.5. The minimum absolute atomic E-state index is 0.148. The molecule has 0 bridgehead atoms. The Balaban J connectivity index is 1.36. The molecule has 5 heterocycles. The van der Waals surface area contributed by atoms with Gasteiger partial charge in [0.25, 0.3) is 0 Å². The number of nitrogens with zero attached hydrogens (tertiary/aromatic N) is 3. The Morgan fingerprint density at radius 2 is 1.75 bits per heavy atom. The number of nitrogens with one attached hydrogen (secondary N) is 1. The van der Waals surface area contributed by atoms with Crippen LogP contribution in [0.3, 0.4) is 0 Å². The van der Waals surface area contributed by atoms with Crippen LogP contribution in [0.4, 0.5) is 0 Å². The lowest BCUT2D eigenvalue weighted by Crippen LogP contribution is -2.66. The fourth-order valence-electron chi connectivity index (χ4n) is 6.43. The highest BCUT2D eigenvalue weighted by Gasteiger charge is 2.69. The van der Waals surface area contributed by atoms with Crippen LogP contribution < -0.4 is 15.3 Å². The van der Waals surface area contributed by atoms with Gasteiger partial charge in [-0.15, -0.1) is 0 Å². The molecular weight excluding hydrogens is 689 g/mol. The second-order valence-electron chi connectivity index (χ2n) is 13.7. The molecule has 3 fully saturated rings. The van der Waals surface area contributed by atoms with E-state index in [0.717, 1.165) is 0 Å². The highest BCUT2D eigenvalue weighted by molar-refractivity contribution is 7.52. The van der Waals surface area contributed by atoms with Crippen molar-refractivity contribution in [2.45, 2.75) is 70.1 Å². The molecule has 0 amide bonds. The Kier molecular flexibility index (Phi) is 10.6. The van der Waals surface area contributed by atoms with E-state index in [1.165, 1.54) is 13.3 Å². The van der Waals surface area contributed by atoms with E-state index in [1.807, 2.05) is 13.0 Å². The van der Waals surface area contributed by atoms with Crippen molar-refractivity contribution in [1.29, 1.82) is 0 Å². The van der Waals surface area contributed by atoms with Crippen LogP contribution in [-0.2, 0) is 51.9 Å². The number of para-hydroxylation sites is 1. The summed E-state index contributed by atoms with van der Waals surface area (Å²) in [5.74, 6) is -2.99. The van der Waals surface area contributed by atoms with E-state index in [0.29, 0.717) is 5.70 Å². The Labute approximate surface area is 295 Å². The molecule has 0 aromatic heterocycles. The van der Waals surface area contributed by atoms with Crippen molar-refractivity contribution in [3.8, 4) is 5.75 Å². The molecule has 7 atom stereocenters. The van der Waals surface area contributed by atoms with Crippen molar-refractivity contribution >= 4 is 37.8 Å². The summed E-state index contributed by atoms with van der Waals surface area (Å²) < 4.78 is 61.4. The number of nitrogens with two attached hydrogens (primary N) is 1. The van der Waals surface area contributed by atoms with Crippen LogP contribution in [0.1, 0.15) is 34.6 Å².